The van der Waals surface area contributed by atoms with Crippen LogP contribution in [0.3, 0.4) is 0 Å². The highest BCUT2D eigenvalue weighted by Crippen LogP contribution is 2.37. The smallest absolute Gasteiger partial charge is 0.182 e. The van der Waals surface area contributed by atoms with Crippen molar-refractivity contribution >= 4 is 27.5 Å². The summed E-state index contributed by atoms with van der Waals surface area (Å²) in [6.45, 7) is 13.3. The van der Waals surface area contributed by atoms with Gasteiger partial charge in [-0.05, 0) is 40.5 Å². The number of pyridine rings is 3. The van der Waals surface area contributed by atoms with Crippen LogP contribution in [0.2, 0.25) is 0 Å². The molecule has 0 radical (unpaired) electrons. The van der Waals surface area contributed by atoms with Gasteiger partial charge in [-0.15, -0.1) is 5.10 Å². The lowest BCUT2D eigenvalue weighted by Gasteiger charge is -2.22. The summed E-state index contributed by atoms with van der Waals surface area (Å²) in [5.41, 5.74) is 12.2. The van der Waals surface area contributed by atoms with Crippen LogP contribution in [0, 0.1) is 0 Å². The van der Waals surface area contributed by atoms with E-state index in [1.54, 1.807) is 0 Å². The van der Waals surface area contributed by atoms with Crippen LogP contribution < -0.4 is 0 Å². The highest BCUT2D eigenvalue weighted by molar-refractivity contribution is 6.08. The molecule has 0 fully saturated rings. The van der Waals surface area contributed by atoms with Gasteiger partial charge in [0.2, 0.25) is 0 Å². The molecule has 0 spiro atoms. The number of benzene rings is 4. The van der Waals surface area contributed by atoms with Gasteiger partial charge in [-0.1, -0.05) is 145 Å². The summed E-state index contributed by atoms with van der Waals surface area (Å²) >= 11 is 0. The third-order valence-electron chi connectivity index (χ3n) is 9.26. The maximum Gasteiger partial charge on any atom is 0.182 e. The van der Waals surface area contributed by atoms with Crippen molar-refractivity contribution in [3.63, 3.8) is 0 Å². The molecule has 5 nitrogen and oxygen atoms in total. The van der Waals surface area contributed by atoms with Gasteiger partial charge in [-0.2, -0.15) is 0 Å². The van der Waals surface area contributed by atoms with Gasteiger partial charge in [-0.3, -0.25) is 0 Å². The van der Waals surface area contributed by atoms with Gasteiger partial charge in [0.15, 0.2) is 11.5 Å². The monoisotopic (exact) mass is 637 g/mol. The largest absolute Gasteiger partial charge is 0.250 e. The summed E-state index contributed by atoms with van der Waals surface area (Å²) < 4.78 is 1.92. The molecule has 0 saturated carbocycles. The second kappa shape index (κ2) is 11.5. The molecular weight excluding hydrogens is 599 g/mol. The van der Waals surface area contributed by atoms with E-state index < -0.39 is 0 Å². The van der Waals surface area contributed by atoms with Crippen molar-refractivity contribution in [3.8, 4) is 44.8 Å². The average Bonchev–Trinajstić information content (AvgIpc) is 3.55. The summed E-state index contributed by atoms with van der Waals surface area (Å²) in [6.07, 6.45) is 2.07. The minimum atomic E-state index is -0.137. The van der Waals surface area contributed by atoms with Crippen molar-refractivity contribution in [1.29, 1.82) is 0 Å². The van der Waals surface area contributed by atoms with E-state index in [2.05, 4.69) is 157 Å². The molecule has 8 aromatic rings. The summed E-state index contributed by atoms with van der Waals surface area (Å²) in [4.78, 5) is 15.5. The Hall–Kier alpha value is -5.68. The predicted molar refractivity (Wildman–Crippen MR) is 203 cm³/mol. The topological polar surface area (TPSA) is 56.0 Å². The lowest BCUT2D eigenvalue weighted by Crippen LogP contribution is -2.15. The van der Waals surface area contributed by atoms with E-state index in [-0.39, 0.29) is 10.8 Å². The number of nitrogens with zero attached hydrogens (tertiary/aromatic N) is 5. The Balaban J connectivity index is 1.26. The summed E-state index contributed by atoms with van der Waals surface area (Å²) in [5.74, 6) is 0.689. The van der Waals surface area contributed by atoms with Gasteiger partial charge in [0, 0.05) is 55.9 Å². The SMILES string of the molecule is CC(C)(C)c1ccc2ccc3c(-c4ccc(-c5nc6c(-c7ccccc7)cc(-c7ccccc7)cn6n5)cc4)cc(C(C)(C)C)nc3c2n1. The highest BCUT2D eigenvalue weighted by Gasteiger charge is 2.22. The molecule has 0 aliphatic carbocycles. The van der Waals surface area contributed by atoms with E-state index >= 15 is 0 Å². The van der Waals surface area contributed by atoms with E-state index in [1.807, 2.05) is 16.6 Å². The van der Waals surface area contributed by atoms with E-state index in [4.69, 9.17) is 20.1 Å². The molecule has 0 aliphatic rings. The minimum Gasteiger partial charge on any atom is -0.250 e. The lowest BCUT2D eigenvalue weighted by molar-refractivity contribution is 0.570. The maximum atomic E-state index is 5.25. The molecule has 240 valence electrons. The van der Waals surface area contributed by atoms with Crippen molar-refractivity contribution in [2.75, 3.05) is 0 Å². The first kappa shape index (κ1) is 30.6. The van der Waals surface area contributed by atoms with Gasteiger partial charge in [0.1, 0.15) is 0 Å². The quantitative estimate of drug-likeness (QED) is 0.180. The molecule has 0 aliphatic heterocycles. The van der Waals surface area contributed by atoms with E-state index in [9.17, 15) is 0 Å². The van der Waals surface area contributed by atoms with E-state index in [0.717, 1.165) is 77.8 Å². The van der Waals surface area contributed by atoms with Gasteiger partial charge in [0.25, 0.3) is 0 Å². The Morgan fingerprint density at radius 1 is 0.469 bits per heavy atom. The first-order chi connectivity index (χ1) is 23.5. The first-order valence-electron chi connectivity index (χ1n) is 16.9. The first-order valence-corrected chi connectivity index (χ1v) is 16.9. The molecule has 5 heteroatoms. The van der Waals surface area contributed by atoms with Gasteiger partial charge >= 0.3 is 0 Å². The fraction of sp³-hybridized carbons (Fsp3) is 0.182. The Bertz CT molecular complexity index is 2480. The normalized spacial score (nSPS) is 12.3. The lowest BCUT2D eigenvalue weighted by atomic mass is 9.87. The predicted octanol–water partition coefficient (Wildman–Crippen LogP) is 11.1. The molecule has 0 amide bonds. The van der Waals surface area contributed by atoms with Crippen molar-refractivity contribution in [1.82, 2.24) is 24.6 Å². The second-order valence-electron chi connectivity index (χ2n) is 14.9. The van der Waals surface area contributed by atoms with Crippen molar-refractivity contribution in [2.24, 2.45) is 0 Å². The van der Waals surface area contributed by atoms with Crippen LogP contribution in [-0.4, -0.2) is 24.6 Å². The van der Waals surface area contributed by atoms with Gasteiger partial charge in [-0.25, -0.2) is 19.5 Å². The second-order valence-corrected chi connectivity index (χ2v) is 14.9. The Kier molecular flexibility index (Phi) is 7.18. The Morgan fingerprint density at radius 3 is 1.73 bits per heavy atom. The standard InChI is InChI=1S/C44H39N5/c1-43(2,3)37-24-22-31-21-23-34-35(26-38(44(4,5)6)46-40(34)39(31)45-37)30-17-19-32(20-18-30)41-47-42-36(29-15-11-8-12-16-29)25-33(27-49(42)48-41)28-13-9-7-10-14-28/h7-27H,1-6H3. The molecule has 0 atom stereocenters. The van der Waals surface area contributed by atoms with Crippen LogP contribution >= 0.6 is 0 Å². The Morgan fingerprint density at radius 2 is 1.06 bits per heavy atom. The van der Waals surface area contributed by atoms with Crippen LogP contribution in [0.4, 0.5) is 0 Å². The molecular formula is C44H39N5. The third-order valence-corrected chi connectivity index (χ3v) is 9.26. The molecule has 8 rings (SSSR count). The average molecular weight is 638 g/mol. The minimum absolute atomic E-state index is 0.0619. The molecule has 0 unspecified atom stereocenters. The zero-order valence-electron chi connectivity index (χ0n) is 28.9. The molecule has 0 N–H and O–H groups in total. The van der Waals surface area contributed by atoms with Crippen LogP contribution in [-0.2, 0) is 10.8 Å². The van der Waals surface area contributed by atoms with Crippen LogP contribution in [0.5, 0.6) is 0 Å². The fourth-order valence-corrected chi connectivity index (χ4v) is 6.44. The van der Waals surface area contributed by atoms with Crippen LogP contribution in [0.25, 0.3) is 72.2 Å². The Labute approximate surface area is 287 Å². The summed E-state index contributed by atoms with van der Waals surface area (Å²) in [7, 11) is 0. The zero-order valence-corrected chi connectivity index (χ0v) is 28.9. The van der Waals surface area contributed by atoms with Crippen molar-refractivity contribution < 1.29 is 0 Å². The molecule has 0 bridgehead atoms. The van der Waals surface area contributed by atoms with Gasteiger partial charge < -0.3 is 0 Å². The highest BCUT2D eigenvalue weighted by atomic mass is 15.3. The number of aromatic nitrogens is 5. The number of fused-ring (bicyclic) bond motifs is 4. The van der Waals surface area contributed by atoms with Crippen LogP contribution in [0.15, 0.2) is 128 Å². The molecule has 49 heavy (non-hydrogen) atoms. The number of hydrogen-bond acceptors (Lipinski definition) is 4. The number of rotatable bonds is 4. The van der Waals surface area contributed by atoms with E-state index in [1.165, 1.54) is 0 Å². The van der Waals surface area contributed by atoms with Gasteiger partial charge in [0.05, 0.1) is 11.0 Å². The zero-order chi connectivity index (χ0) is 33.9. The third kappa shape index (κ3) is 5.65. The molecule has 4 aromatic heterocycles. The summed E-state index contributed by atoms with van der Waals surface area (Å²) in [5, 5.41) is 7.20. The van der Waals surface area contributed by atoms with E-state index in [0.29, 0.717) is 5.82 Å². The molecule has 4 heterocycles. The summed E-state index contributed by atoms with van der Waals surface area (Å²) in [6, 6.07) is 42.6. The van der Waals surface area contributed by atoms with Crippen molar-refractivity contribution in [3.05, 3.63) is 139 Å². The molecule has 4 aromatic carbocycles. The fourth-order valence-electron chi connectivity index (χ4n) is 6.44. The van der Waals surface area contributed by atoms with Crippen LogP contribution in [0.1, 0.15) is 52.9 Å². The maximum absolute atomic E-state index is 5.25. The molecule has 0 saturated heterocycles. The van der Waals surface area contributed by atoms with Crippen molar-refractivity contribution in [2.45, 2.75) is 52.4 Å². The number of hydrogen-bond donors (Lipinski definition) is 0.